The van der Waals surface area contributed by atoms with Crippen LogP contribution in [0.5, 0.6) is 0 Å². The maximum atomic E-state index is 11.6. The molecule has 0 unspecified atom stereocenters. The average molecular weight is 269 g/mol. The molecule has 102 valence electrons. The SMILES string of the molecule is N/C(=N/OCC(=O)Nc1ccccc1)c1ccccc1. The van der Waals surface area contributed by atoms with Gasteiger partial charge in [0, 0.05) is 11.3 Å². The summed E-state index contributed by atoms with van der Waals surface area (Å²) >= 11 is 0. The molecule has 0 saturated carbocycles. The highest BCUT2D eigenvalue weighted by Gasteiger charge is 2.03. The lowest BCUT2D eigenvalue weighted by atomic mass is 10.2. The summed E-state index contributed by atoms with van der Waals surface area (Å²) in [5, 5.41) is 6.39. The molecule has 5 nitrogen and oxygen atoms in total. The minimum Gasteiger partial charge on any atom is -0.384 e. The van der Waals surface area contributed by atoms with Gasteiger partial charge in [0.1, 0.15) is 0 Å². The maximum Gasteiger partial charge on any atom is 0.265 e. The molecule has 1 amide bonds. The van der Waals surface area contributed by atoms with Gasteiger partial charge < -0.3 is 15.9 Å². The highest BCUT2D eigenvalue weighted by Crippen LogP contribution is 2.04. The molecule has 0 fully saturated rings. The van der Waals surface area contributed by atoms with Gasteiger partial charge >= 0.3 is 0 Å². The molecule has 5 heteroatoms. The van der Waals surface area contributed by atoms with E-state index in [1.165, 1.54) is 0 Å². The van der Waals surface area contributed by atoms with Gasteiger partial charge in [-0.3, -0.25) is 4.79 Å². The molecule has 0 aliphatic rings. The Morgan fingerprint density at radius 1 is 1.05 bits per heavy atom. The molecule has 0 aliphatic carbocycles. The van der Waals surface area contributed by atoms with E-state index in [4.69, 9.17) is 10.6 Å². The van der Waals surface area contributed by atoms with Crippen molar-refractivity contribution in [1.82, 2.24) is 0 Å². The van der Waals surface area contributed by atoms with Gasteiger partial charge in [0.2, 0.25) is 0 Å². The molecule has 0 radical (unpaired) electrons. The summed E-state index contributed by atoms with van der Waals surface area (Å²) in [5.41, 5.74) is 7.18. The number of benzene rings is 2. The van der Waals surface area contributed by atoms with Crippen molar-refractivity contribution in [3.63, 3.8) is 0 Å². The Bertz CT molecular complexity index is 583. The lowest BCUT2D eigenvalue weighted by molar-refractivity contribution is -0.120. The third-order valence-electron chi connectivity index (χ3n) is 2.49. The average Bonchev–Trinajstić information content (AvgIpc) is 2.49. The second-order valence-electron chi connectivity index (χ2n) is 4.03. The van der Waals surface area contributed by atoms with Crippen molar-refractivity contribution in [3.8, 4) is 0 Å². The number of nitrogens with two attached hydrogens (primary N) is 1. The first kappa shape index (κ1) is 13.6. The van der Waals surface area contributed by atoms with Crippen LogP contribution in [0.15, 0.2) is 65.8 Å². The quantitative estimate of drug-likeness (QED) is 0.495. The van der Waals surface area contributed by atoms with E-state index >= 15 is 0 Å². The minimum absolute atomic E-state index is 0.192. The van der Waals surface area contributed by atoms with Gasteiger partial charge in [0.05, 0.1) is 0 Å². The zero-order valence-corrected chi connectivity index (χ0v) is 10.8. The number of rotatable bonds is 5. The Morgan fingerprint density at radius 3 is 2.30 bits per heavy atom. The molecular formula is C15H15N3O2. The van der Waals surface area contributed by atoms with Crippen LogP contribution in [0.4, 0.5) is 5.69 Å². The second kappa shape index (κ2) is 6.94. The van der Waals surface area contributed by atoms with Crippen molar-refractivity contribution in [3.05, 3.63) is 66.2 Å². The van der Waals surface area contributed by atoms with Gasteiger partial charge in [-0.05, 0) is 12.1 Å². The van der Waals surface area contributed by atoms with E-state index in [-0.39, 0.29) is 18.3 Å². The van der Waals surface area contributed by atoms with Crippen LogP contribution in [-0.4, -0.2) is 18.3 Å². The van der Waals surface area contributed by atoms with E-state index < -0.39 is 0 Å². The monoisotopic (exact) mass is 269 g/mol. The first-order valence-corrected chi connectivity index (χ1v) is 6.11. The van der Waals surface area contributed by atoms with Crippen LogP contribution in [0.1, 0.15) is 5.56 Å². The number of nitrogens with one attached hydrogen (secondary N) is 1. The Labute approximate surface area is 117 Å². The second-order valence-corrected chi connectivity index (χ2v) is 4.03. The molecule has 0 saturated heterocycles. The molecule has 2 rings (SSSR count). The Hall–Kier alpha value is -2.82. The fourth-order valence-corrected chi connectivity index (χ4v) is 1.54. The van der Waals surface area contributed by atoms with Crippen molar-refractivity contribution in [2.45, 2.75) is 0 Å². The molecule has 0 spiro atoms. The van der Waals surface area contributed by atoms with E-state index in [2.05, 4.69) is 10.5 Å². The predicted molar refractivity (Wildman–Crippen MR) is 78.2 cm³/mol. The van der Waals surface area contributed by atoms with Crippen LogP contribution in [0.25, 0.3) is 0 Å². The summed E-state index contributed by atoms with van der Waals surface area (Å²) in [6, 6.07) is 18.3. The van der Waals surface area contributed by atoms with E-state index in [9.17, 15) is 4.79 Å². The Kier molecular flexibility index (Phi) is 4.72. The number of amides is 1. The zero-order chi connectivity index (χ0) is 14.2. The highest BCUT2D eigenvalue weighted by atomic mass is 16.6. The number of hydrogen-bond donors (Lipinski definition) is 2. The van der Waals surface area contributed by atoms with Gasteiger partial charge in [-0.15, -0.1) is 0 Å². The predicted octanol–water partition coefficient (Wildman–Crippen LogP) is 1.96. The lowest BCUT2D eigenvalue weighted by Gasteiger charge is -2.04. The van der Waals surface area contributed by atoms with Crippen molar-refractivity contribution in [2.24, 2.45) is 10.9 Å². The lowest BCUT2D eigenvalue weighted by Crippen LogP contribution is -2.19. The fraction of sp³-hybridized carbons (Fsp3) is 0.0667. The zero-order valence-electron chi connectivity index (χ0n) is 10.8. The summed E-state index contributed by atoms with van der Waals surface area (Å²) < 4.78 is 0. The van der Waals surface area contributed by atoms with Crippen molar-refractivity contribution >= 4 is 17.4 Å². The van der Waals surface area contributed by atoms with Crippen LogP contribution in [-0.2, 0) is 9.63 Å². The number of para-hydroxylation sites is 1. The Morgan fingerprint density at radius 2 is 1.65 bits per heavy atom. The molecule has 20 heavy (non-hydrogen) atoms. The maximum absolute atomic E-state index is 11.6. The number of carbonyl (C=O) groups excluding carboxylic acids is 1. The summed E-state index contributed by atoms with van der Waals surface area (Å²) in [5.74, 6) is -0.0566. The summed E-state index contributed by atoms with van der Waals surface area (Å²) in [6.45, 7) is -0.192. The summed E-state index contributed by atoms with van der Waals surface area (Å²) in [6.07, 6.45) is 0. The molecule has 0 heterocycles. The molecule has 2 aromatic carbocycles. The number of carbonyl (C=O) groups is 1. The van der Waals surface area contributed by atoms with E-state index in [0.717, 1.165) is 5.56 Å². The van der Waals surface area contributed by atoms with Gasteiger partial charge in [0.15, 0.2) is 12.4 Å². The van der Waals surface area contributed by atoms with Crippen LogP contribution in [0.3, 0.4) is 0 Å². The van der Waals surface area contributed by atoms with Gasteiger partial charge in [-0.25, -0.2) is 0 Å². The van der Waals surface area contributed by atoms with Gasteiger partial charge in [-0.2, -0.15) is 0 Å². The Balaban J connectivity index is 1.82. The first-order chi connectivity index (χ1) is 9.75. The molecule has 0 bridgehead atoms. The van der Waals surface area contributed by atoms with Crippen molar-refractivity contribution in [1.29, 1.82) is 0 Å². The molecule has 3 N–H and O–H groups in total. The van der Waals surface area contributed by atoms with E-state index in [1.54, 1.807) is 12.1 Å². The van der Waals surface area contributed by atoms with Crippen LogP contribution >= 0.6 is 0 Å². The molecule has 0 aromatic heterocycles. The number of amidine groups is 1. The summed E-state index contributed by atoms with van der Waals surface area (Å²) in [4.78, 5) is 16.5. The fourth-order valence-electron chi connectivity index (χ4n) is 1.54. The summed E-state index contributed by atoms with van der Waals surface area (Å²) in [7, 11) is 0. The molecular weight excluding hydrogens is 254 g/mol. The van der Waals surface area contributed by atoms with E-state index in [1.807, 2.05) is 48.5 Å². The van der Waals surface area contributed by atoms with Crippen LogP contribution < -0.4 is 11.1 Å². The van der Waals surface area contributed by atoms with Gasteiger partial charge in [-0.1, -0.05) is 53.7 Å². The van der Waals surface area contributed by atoms with Crippen LogP contribution in [0, 0.1) is 0 Å². The smallest absolute Gasteiger partial charge is 0.265 e. The normalized spacial score (nSPS) is 10.9. The molecule has 0 aliphatic heterocycles. The van der Waals surface area contributed by atoms with E-state index in [0.29, 0.717) is 5.69 Å². The first-order valence-electron chi connectivity index (χ1n) is 6.11. The largest absolute Gasteiger partial charge is 0.384 e. The number of hydrogen-bond acceptors (Lipinski definition) is 3. The van der Waals surface area contributed by atoms with Crippen LogP contribution in [0.2, 0.25) is 0 Å². The number of nitrogens with zero attached hydrogens (tertiary/aromatic N) is 1. The minimum atomic E-state index is -0.291. The topological polar surface area (TPSA) is 76.7 Å². The third-order valence-corrected chi connectivity index (χ3v) is 2.49. The molecule has 2 aromatic rings. The highest BCUT2D eigenvalue weighted by molar-refractivity contribution is 5.97. The van der Waals surface area contributed by atoms with Gasteiger partial charge in [0.25, 0.3) is 5.91 Å². The van der Waals surface area contributed by atoms with Crippen molar-refractivity contribution < 1.29 is 9.63 Å². The number of anilines is 1. The molecule has 0 atom stereocenters. The standard InChI is InChI=1S/C15H15N3O2/c16-15(12-7-3-1-4-8-12)18-20-11-14(19)17-13-9-5-2-6-10-13/h1-10H,11H2,(H2,16,18)(H,17,19). The number of oxime groups is 1. The van der Waals surface area contributed by atoms with Crippen molar-refractivity contribution in [2.75, 3.05) is 11.9 Å². The third kappa shape index (κ3) is 4.13.